The zero-order valence-electron chi connectivity index (χ0n) is 24.0. The highest BCUT2D eigenvalue weighted by Gasteiger charge is 2.18. The standard InChI is InChI=1S/C38H26BrN5O/c39-37-31-18-14-27(41-31)35(23-8-3-1-4-9-23)29-16-20-33(43-29)38(45-26-13-7-12-25(40)22-26)34-21-17-30(44-34)36(24-10-5-2-6-11-24)28-15-19-32(37)42-28/h1-22,41,44H,40H2. The van der Waals surface area contributed by atoms with Crippen LogP contribution >= 0.6 is 15.9 Å². The van der Waals surface area contributed by atoms with Crippen molar-refractivity contribution in [1.82, 2.24) is 19.9 Å². The van der Waals surface area contributed by atoms with E-state index in [0.29, 0.717) is 22.9 Å². The van der Waals surface area contributed by atoms with E-state index in [4.69, 9.17) is 20.4 Å². The summed E-state index contributed by atoms with van der Waals surface area (Å²) in [5.41, 5.74) is 17.5. The SMILES string of the molecule is Nc1cccc(Oc2c3nc(c(-c4ccccc4)c4ccc([nH]4)c(Br)c4nc(c(-c5ccccc5)c5ccc2[nH]5)C=C4)C=C3)c1. The number of nitrogens with two attached hydrogens (primary N) is 1. The van der Waals surface area contributed by atoms with E-state index in [1.807, 2.05) is 85.0 Å². The Kier molecular flexibility index (Phi) is 6.65. The number of halogens is 1. The molecule has 0 amide bonds. The summed E-state index contributed by atoms with van der Waals surface area (Å²) in [6.07, 6.45) is 8.13. The molecule has 2 aliphatic rings. The smallest absolute Gasteiger partial charge is 0.176 e. The quantitative estimate of drug-likeness (QED) is 0.166. The van der Waals surface area contributed by atoms with Crippen LogP contribution in [0.3, 0.4) is 0 Å². The third-order valence-electron chi connectivity index (χ3n) is 7.84. The van der Waals surface area contributed by atoms with Crippen LogP contribution in [0, 0.1) is 0 Å². The van der Waals surface area contributed by atoms with Gasteiger partial charge in [0.2, 0.25) is 0 Å². The summed E-state index contributed by atoms with van der Waals surface area (Å²) in [6.45, 7) is 0. The number of anilines is 1. The van der Waals surface area contributed by atoms with Crippen molar-refractivity contribution in [3.05, 3.63) is 136 Å². The first-order chi connectivity index (χ1) is 22.1. The third kappa shape index (κ3) is 5.03. The number of hydrogen-bond acceptors (Lipinski definition) is 4. The molecular weight excluding hydrogens is 622 g/mol. The van der Waals surface area contributed by atoms with Crippen molar-refractivity contribution in [2.45, 2.75) is 0 Å². The van der Waals surface area contributed by atoms with Gasteiger partial charge >= 0.3 is 0 Å². The maximum absolute atomic E-state index is 6.58. The van der Waals surface area contributed by atoms with Crippen LogP contribution in [0.25, 0.3) is 68.6 Å². The van der Waals surface area contributed by atoms with E-state index >= 15 is 0 Å². The summed E-state index contributed by atoms with van der Waals surface area (Å²) in [4.78, 5) is 17.5. The number of nitrogens with zero attached hydrogens (tertiary/aromatic N) is 2. The van der Waals surface area contributed by atoms with Crippen LogP contribution in [-0.2, 0) is 0 Å². The number of nitrogens with one attached hydrogen (secondary N) is 2. The minimum absolute atomic E-state index is 0.587. The van der Waals surface area contributed by atoms with Gasteiger partial charge in [-0.2, -0.15) is 0 Å². The zero-order chi connectivity index (χ0) is 30.3. The number of H-pyrrole nitrogens is 2. The lowest BCUT2D eigenvalue weighted by Gasteiger charge is -2.08. The number of rotatable bonds is 4. The lowest BCUT2D eigenvalue weighted by Crippen LogP contribution is -1.91. The fourth-order valence-corrected chi connectivity index (χ4v) is 6.22. The summed E-state index contributed by atoms with van der Waals surface area (Å²) in [5, 5.41) is 0. The van der Waals surface area contributed by atoms with Crippen molar-refractivity contribution in [1.29, 1.82) is 0 Å². The molecule has 3 aromatic heterocycles. The molecule has 8 rings (SSSR count). The van der Waals surface area contributed by atoms with E-state index in [0.717, 1.165) is 65.9 Å². The predicted octanol–water partition coefficient (Wildman–Crippen LogP) is 10.1. The van der Waals surface area contributed by atoms with E-state index in [9.17, 15) is 0 Å². The molecule has 0 saturated carbocycles. The number of nitrogen functional groups attached to an aromatic ring is 1. The normalized spacial score (nSPS) is 12.0. The Labute approximate surface area is 267 Å². The Balaban J connectivity index is 1.51. The summed E-state index contributed by atoms with van der Waals surface area (Å²) < 4.78 is 7.46. The summed E-state index contributed by atoms with van der Waals surface area (Å²) in [6, 6.07) is 36.2. The summed E-state index contributed by atoms with van der Waals surface area (Å²) in [5.74, 6) is 1.21. The van der Waals surface area contributed by atoms with Gasteiger partial charge in [0.05, 0.1) is 32.6 Å². The van der Waals surface area contributed by atoms with Gasteiger partial charge in [0.1, 0.15) is 11.4 Å². The zero-order valence-corrected chi connectivity index (χ0v) is 25.5. The second-order valence-corrected chi connectivity index (χ2v) is 11.6. The Morgan fingerprint density at radius 2 is 1.07 bits per heavy atom. The maximum Gasteiger partial charge on any atom is 0.176 e. The second kappa shape index (κ2) is 11.1. The highest BCUT2D eigenvalue weighted by atomic mass is 79.9. The second-order valence-electron chi connectivity index (χ2n) is 10.8. The average Bonchev–Trinajstić information content (AvgIpc) is 3.90. The molecule has 216 valence electrons. The Morgan fingerprint density at radius 3 is 1.71 bits per heavy atom. The van der Waals surface area contributed by atoms with Crippen LogP contribution in [0.1, 0.15) is 22.8 Å². The van der Waals surface area contributed by atoms with Crippen molar-refractivity contribution in [2.75, 3.05) is 5.73 Å². The first kappa shape index (κ1) is 26.9. The van der Waals surface area contributed by atoms with Crippen molar-refractivity contribution in [2.24, 2.45) is 0 Å². The monoisotopic (exact) mass is 647 g/mol. The molecule has 6 nitrogen and oxygen atoms in total. The fraction of sp³-hybridized carbons (Fsp3) is 0. The lowest BCUT2D eigenvalue weighted by molar-refractivity contribution is 0.484. The third-order valence-corrected chi connectivity index (χ3v) is 8.68. The molecule has 0 unspecified atom stereocenters. The van der Waals surface area contributed by atoms with Crippen molar-refractivity contribution in [3.8, 4) is 33.8 Å². The van der Waals surface area contributed by atoms with Crippen molar-refractivity contribution in [3.63, 3.8) is 0 Å². The van der Waals surface area contributed by atoms with Crippen LogP contribution in [0.2, 0.25) is 0 Å². The molecule has 0 atom stereocenters. The summed E-state index contributed by atoms with van der Waals surface area (Å²) >= 11 is 3.85. The van der Waals surface area contributed by atoms with E-state index < -0.39 is 0 Å². The molecule has 8 bridgehead atoms. The number of fused-ring (bicyclic) bond motifs is 8. The molecule has 5 heterocycles. The van der Waals surface area contributed by atoms with E-state index in [1.54, 1.807) is 0 Å². The lowest BCUT2D eigenvalue weighted by atomic mass is 10.0. The van der Waals surface area contributed by atoms with E-state index in [2.05, 4.69) is 74.4 Å². The molecule has 0 aliphatic carbocycles. The van der Waals surface area contributed by atoms with Gasteiger partial charge in [-0.15, -0.1) is 0 Å². The maximum atomic E-state index is 6.58. The fourth-order valence-electron chi connectivity index (χ4n) is 5.77. The molecule has 2 aliphatic heterocycles. The summed E-state index contributed by atoms with van der Waals surface area (Å²) in [7, 11) is 0. The Hall–Kier alpha value is -5.66. The number of aromatic amines is 2. The van der Waals surface area contributed by atoms with Crippen LogP contribution in [0.4, 0.5) is 5.69 Å². The van der Waals surface area contributed by atoms with Gasteiger partial charge in [0.25, 0.3) is 0 Å². The van der Waals surface area contributed by atoms with Gasteiger partial charge in [-0.25, -0.2) is 9.97 Å². The molecule has 0 spiro atoms. The predicted molar refractivity (Wildman–Crippen MR) is 188 cm³/mol. The minimum Gasteiger partial charge on any atom is -0.453 e. The molecule has 6 aromatic rings. The number of ether oxygens (including phenoxy) is 1. The van der Waals surface area contributed by atoms with Gasteiger partial charge < -0.3 is 20.4 Å². The number of benzene rings is 3. The highest BCUT2D eigenvalue weighted by molar-refractivity contribution is 9.10. The van der Waals surface area contributed by atoms with Crippen molar-refractivity contribution >= 4 is 68.0 Å². The van der Waals surface area contributed by atoms with E-state index in [-0.39, 0.29) is 0 Å². The van der Waals surface area contributed by atoms with Crippen LogP contribution in [0.15, 0.2) is 114 Å². The topological polar surface area (TPSA) is 92.6 Å². The van der Waals surface area contributed by atoms with Gasteiger partial charge in [0, 0.05) is 33.9 Å². The Morgan fingerprint density at radius 1 is 0.533 bits per heavy atom. The molecule has 3 aromatic carbocycles. The average molecular weight is 649 g/mol. The molecule has 4 N–H and O–H groups in total. The van der Waals surface area contributed by atoms with Gasteiger partial charge in [0.15, 0.2) is 5.75 Å². The van der Waals surface area contributed by atoms with Gasteiger partial charge in [-0.05, 0) is 87.8 Å². The first-order valence-electron chi connectivity index (χ1n) is 14.6. The highest BCUT2D eigenvalue weighted by Crippen LogP contribution is 2.38. The van der Waals surface area contributed by atoms with Crippen LogP contribution < -0.4 is 10.5 Å². The number of hydrogen-bond donors (Lipinski definition) is 3. The van der Waals surface area contributed by atoms with Gasteiger partial charge in [-0.3, -0.25) is 0 Å². The molecule has 45 heavy (non-hydrogen) atoms. The van der Waals surface area contributed by atoms with Gasteiger partial charge in [-0.1, -0.05) is 66.7 Å². The number of aromatic nitrogens is 4. The molecular formula is C38H26BrN5O. The van der Waals surface area contributed by atoms with Crippen molar-refractivity contribution < 1.29 is 4.74 Å². The van der Waals surface area contributed by atoms with Crippen LogP contribution in [0.5, 0.6) is 11.5 Å². The van der Waals surface area contributed by atoms with E-state index in [1.165, 1.54) is 0 Å². The first-order valence-corrected chi connectivity index (χ1v) is 15.4. The molecule has 7 heteroatoms. The minimum atomic E-state index is 0.587. The van der Waals surface area contributed by atoms with Crippen LogP contribution in [-0.4, -0.2) is 19.9 Å². The molecule has 0 saturated heterocycles. The molecule has 0 fully saturated rings. The largest absolute Gasteiger partial charge is 0.453 e. The Bertz CT molecular complexity index is 2280. The molecule has 0 radical (unpaired) electrons.